The maximum Gasteiger partial charge on any atom is 0.0753 e. The van der Waals surface area contributed by atoms with Crippen molar-refractivity contribution >= 4 is 0 Å². The quantitative estimate of drug-likeness (QED) is 0.753. The molecule has 3 atom stereocenters. The lowest BCUT2D eigenvalue weighted by atomic mass is 9.76. The second-order valence-corrected chi connectivity index (χ2v) is 5.23. The first-order valence-corrected chi connectivity index (χ1v) is 5.42. The normalized spacial score (nSPS) is 18.4. The van der Waals surface area contributed by atoms with Crippen molar-refractivity contribution in [3.8, 4) is 6.07 Å². The van der Waals surface area contributed by atoms with Gasteiger partial charge in [0.05, 0.1) is 18.1 Å². The zero-order chi connectivity index (χ0) is 11.4. The van der Waals surface area contributed by atoms with Crippen LogP contribution < -0.4 is 0 Å². The molecule has 0 aromatic heterocycles. The van der Waals surface area contributed by atoms with E-state index in [1.165, 1.54) is 0 Å². The largest absolute Gasteiger partial charge is 0.391 e. The summed E-state index contributed by atoms with van der Waals surface area (Å²) in [6.45, 7) is 10.1. The standard InChI is InChI=1S/C12H23NO/c1-6-7-9(2)10(8-13)11(14)12(3,4)5/h9-11,14H,6-7H2,1-5H3. The van der Waals surface area contributed by atoms with Gasteiger partial charge in [-0.05, 0) is 17.8 Å². The van der Waals surface area contributed by atoms with Gasteiger partial charge >= 0.3 is 0 Å². The van der Waals surface area contributed by atoms with Crippen molar-refractivity contribution in [1.82, 2.24) is 0 Å². The van der Waals surface area contributed by atoms with Crippen LogP contribution in [0.1, 0.15) is 47.5 Å². The molecule has 0 amide bonds. The van der Waals surface area contributed by atoms with Gasteiger partial charge in [-0.2, -0.15) is 5.26 Å². The molecule has 0 heterocycles. The Bertz CT molecular complexity index is 199. The van der Waals surface area contributed by atoms with Crippen LogP contribution in [-0.4, -0.2) is 11.2 Å². The molecule has 0 radical (unpaired) electrons. The molecule has 0 aliphatic carbocycles. The van der Waals surface area contributed by atoms with Crippen molar-refractivity contribution < 1.29 is 5.11 Å². The number of aliphatic hydroxyl groups is 1. The highest BCUT2D eigenvalue weighted by atomic mass is 16.3. The van der Waals surface area contributed by atoms with E-state index in [2.05, 4.69) is 13.0 Å². The van der Waals surface area contributed by atoms with Crippen LogP contribution in [0, 0.1) is 28.6 Å². The average molecular weight is 197 g/mol. The van der Waals surface area contributed by atoms with Gasteiger partial charge in [-0.15, -0.1) is 0 Å². The molecule has 0 aliphatic rings. The third-order valence-electron chi connectivity index (χ3n) is 2.73. The SMILES string of the molecule is CCCC(C)C(C#N)C(O)C(C)(C)C. The minimum Gasteiger partial charge on any atom is -0.391 e. The maximum absolute atomic E-state index is 10.0. The molecule has 0 saturated heterocycles. The van der Waals surface area contributed by atoms with Crippen LogP contribution in [0.25, 0.3) is 0 Å². The van der Waals surface area contributed by atoms with Gasteiger partial charge in [0.2, 0.25) is 0 Å². The molecular weight excluding hydrogens is 174 g/mol. The summed E-state index contributed by atoms with van der Waals surface area (Å²) in [6.07, 6.45) is 1.54. The second kappa shape index (κ2) is 5.36. The zero-order valence-electron chi connectivity index (χ0n) is 10.0. The molecular formula is C12H23NO. The molecule has 0 saturated carbocycles. The van der Waals surface area contributed by atoms with Crippen LogP contribution in [0.4, 0.5) is 0 Å². The molecule has 14 heavy (non-hydrogen) atoms. The third kappa shape index (κ3) is 3.67. The first kappa shape index (κ1) is 13.4. The molecule has 82 valence electrons. The molecule has 0 aliphatic heterocycles. The van der Waals surface area contributed by atoms with E-state index in [1.807, 2.05) is 27.7 Å². The number of rotatable bonds is 4. The monoisotopic (exact) mass is 197 g/mol. The average Bonchev–Trinajstić information content (AvgIpc) is 2.04. The predicted octanol–water partition coefficient (Wildman–Crippen LogP) is 2.97. The van der Waals surface area contributed by atoms with Crippen molar-refractivity contribution in [2.45, 2.75) is 53.6 Å². The number of nitriles is 1. The van der Waals surface area contributed by atoms with Gasteiger partial charge in [0.25, 0.3) is 0 Å². The molecule has 0 aromatic carbocycles. The Morgan fingerprint density at radius 1 is 1.36 bits per heavy atom. The number of hydrogen-bond donors (Lipinski definition) is 1. The fraction of sp³-hybridized carbons (Fsp3) is 0.917. The van der Waals surface area contributed by atoms with Crippen molar-refractivity contribution in [1.29, 1.82) is 5.26 Å². The van der Waals surface area contributed by atoms with E-state index in [0.717, 1.165) is 12.8 Å². The summed E-state index contributed by atoms with van der Waals surface area (Å²) in [4.78, 5) is 0. The van der Waals surface area contributed by atoms with Crippen molar-refractivity contribution in [3.05, 3.63) is 0 Å². The number of nitrogens with zero attached hydrogens (tertiary/aromatic N) is 1. The van der Waals surface area contributed by atoms with Gasteiger partial charge in [-0.25, -0.2) is 0 Å². The van der Waals surface area contributed by atoms with E-state index in [4.69, 9.17) is 5.26 Å². The van der Waals surface area contributed by atoms with Crippen LogP contribution >= 0.6 is 0 Å². The molecule has 0 spiro atoms. The Labute approximate surface area is 87.9 Å². The summed E-state index contributed by atoms with van der Waals surface area (Å²) < 4.78 is 0. The lowest BCUT2D eigenvalue weighted by Gasteiger charge is -2.32. The van der Waals surface area contributed by atoms with Gasteiger partial charge < -0.3 is 5.11 Å². The van der Waals surface area contributed by atoms with Gasteiger partial charge in [0.15, 0.2) is 0 Å². The number of hydrogen-bond acceptors (Lipinski definition) is 2. The Balaban J connectivity index is 4.50. The summed E-state index contributed by atoms with van der Waals surface area (Å²) in [5.74, 6) is 0.0363. The lowest BCUT2D eigenvalue weighted by molar-refractivity contribution is 0.0119. The first-order valence-electron chi connectivity index (χ1n) is 5.42. The number of aliphatic hydroxyl groups excluding tert-OH is 1. The van der Waals surface area contributed by atoms with Crippen LogP contribution in [0.2, 0.25) is 0 Å². The minimum absolute atomic E-state index is 0.206. The summed E-state index contributed by atoms with van der Waals surface area (Å²) >= 11 is 0. The van der Waals surface area contributed by atoms with Crippen LogP contribution in [-0.2, 0) is 0 Å². The summed E-state index contributed by atoms with van der Waals surface area (Å²) in [5, 5.41) is 19.1. The zero-order valence-corrected chi connectivity index (χ0v) is 10.0. The molecule has 2 heteroatoms. The van der Waals surface area contributed by atoms with Crippen molar-refractivity contribution in [2.75, 3.05) is 0 Å². The Morgan fingerprint density at radius 2 is 1.86 bits per heavy atom. The van der Waals surface area contributed by atoms with E-state index in [9.17, 15) is 5.11 Å². The fourth-order valence-corrected chi connectivity index (χ4v) is 1.68. The maximum atomic E-state index is 10.0. The predicted molar refractivity (Wildman–Crippen MR) is 58.6 cm³/mol. The fourth-order valence-electron chi connectivity index (χ4n) is 1.68. The van der Waals surface area contributed by atoms with E-state index in [1.54, 1.807) is 0 Å². The molecule has 0 fully saturated rings. The highest BCUT2D eigenvalue weighted by molar-refractivity contribution is 4.95. The molecule has 0 aromatic rings. The Kier molecular flexibility index (Phi) is 5.15. The summed E-state index contributed by atoms with van der Waals surface area (Å²) in [5.41, 5.74) is -0.206. The summed E-state index contributed by atoms with van der Waals surface area (Å²) in [7, 11) is 0. The third-order valence-corrected chi connectivity index (χ3v) is 2.73. The molecule has 2 nitrogen and oxygen atoms in total. The summed E-state index contributed by atoms with van der Waals surface area (Å²) in [6, 6.07) is 2.24. The highest BCUT2D eigenvalue weighted by Gasteiger charge is 2.33. The second-order valence-electron chi connectivity index (χ2n) is 5.23. The molecule has 0 bridgehead atoms. The van der Waals surface area contributed by atoms with E-state index >= 15 is 0 Å². The van der Waals surface area contributed by atoms with Crippen LogP contribution in [0.15, 0.2) is 0 Å². The van der Waals surface area contributed by atoms with Gasteiger partial charge in [-0.3, -0.25) is 0 Å². The Morgan fingerprint density at radius 3 is 2.14 bits per heavy atom. The lowest BCUT2D eigenvalue weighted by Crippen LogP contribution is -2.36. The van der Waals surface area contributed by atoms with Crippen molar-refractivity contribution in [3.63, 3.8) is 0 Å². The topological polar surface area (TPSA) is 44.0 Å². The molecule has 0 rings (SSSR count). The molecule has 1 N–H and O–H groups in total. The van der Waals surface area contributed by atoms with Crippen LogP contribution in [0.3, 0.4) is 0 Å². The minimum atomic E-state index is -0.533. The van der Waals surface area contributed by atoms with E-state index in [-0.39, 0.29) is 17.3 Å². The van der Waals surface area contributed by atoms with Gasteiger partial charge in [0.1, 0.15) is 0 Å². The Hall–Kier alpha value is -0.550. The van der Waals surface area contributed by atoms with E-state index in [0.29, 0.717) is 0 Å². The van der Waals surface area contributed by atoms with Crippen LogP contribution in [0.5, 0.6) is 0 Å². The van der Waals surface area contributed by atoms with E-state index < -0.39 is 6.10 Å². The smallest absolute Gasteiger partial charge is 0.0753 e. The van der Waals surface area contributed by atoms with Gasteiger partial charge in [-0.1, -0.05) is 41.0 Å². The van der Waals surface area contributed by atoms with Crippen molar-refractivity contribution in [2.24, 2.45) is 17.3 Å². The first-order chi connectivity index (χ1) is 6.34. The highest BCUT2D eigenvalue weighted by Crippen LogP contribution is 2.30. The molecule has 3 unspecified atom stereocenters. The van der Waals surface area contributed by atoms with Gasteiger partial charge in [0, 0.05) is 0 Å².